The molecule has 0 saturated carbocycles. The van der Waals surface area contributed by atoms with Crippen molar-refractivity contribution >= 4 is 43.6 Å². The first-order chi connectivity index (χ1) is 13.7. The Morgan fingerprint density at radius 2 is 0.576 bits per heavy atom. The number of carbonyl (C=O) groups is 6. The van der Waals surface area contributed by atoms with Crippen LogP contribution in [0, 0.1) is 0 Å². The minimum atomic E-state index is -4.89. The standard InChI is InChI=1S/3C3H2F2O4.K.H3O4P/c3*4-3(5,1(6)7)2(8)9;;1-5(2,3)4/h3*(H,6,7)(H,8,9);;(H3,1,2,3,4)/q;;;+1;/p-1. The van der Waals surface area contributed by atoms with Crippen LogP contribution in [0.3, 0.4) is 0 Å². The quantitative estimate of drug-likeness (QED) is 0.0656. The van der Waals surface area contributed by atoms with Crippen LogP contribution in [0.1, 0.15) is 0 Å². The van der Waals surface area contributed by atoms with Crippen molar-refractivity contribution in [3.63, 3.8) is 0 Å². The third-order valence-corrected chi connectivity index (χ3v) is 1.61. The molecular weight excluding hydrogens is 548 g/mol. The van der Waals surface area contributed by atoms with Gasteiger partial charge in [0.1, 0.15) is 0 Å². The molecule has 0 aliphatic rings. The molecule has 0 radical (unpaired) electrons. The van der Waals surface area contributed by atoms with Crippen molar-refractivity contribution in [3.8, 4) is 0 Å². The molecule has 188 valence electrons. The summed E-state index contributed by atoms with van der Waals surface area (Å²) in [4.78, 5) is 78.9. The molecule has 0 atom stereocenters. The summed E-state index contributed by atoms with van der Waals surface area (Å²) in [7, 11) is -4.89. The average molecular weight is 556 g/mol. The van der Waals surface area contributed by atoms with Gasteiger partial charge in [0.15, 0.2) is 0 Å². The van der Waals surface area contributed by atoms with Crippen LogP contribution in [0.15, 0.2) is 0 Å². The summed E-state index contributed by atoms with van der Waals surface area (Å²) < 4.78 is 77.6. The molecule has 0 rings (SSSR count). The first-order valence-electron chi connectivity index (χ1n) is 5.97. The van der Waals surface area contributed by atoms with Crippen LogP contribution in [-0.4, -0.2) is 94.0 Å². The van der Waals surface area contributed by atoms with Crippen LogP contribution in [0.2, 0.25) is 0 Å². The number of alkyl halides is 6. The molecule has 0 aromatic rings. The maximum Gasteiger partial charge on any atom is 1.00 e. The zero-order chi connectivity index (χ0) is 27.5. The van der Waals surface area contributed by atoms with Gasteiger partial charge in [-0.3, -0.25) is 4.57 Å². The molecular formula is C9H8F6KO16P. The molecule has 0 spiro atoms. The van der Waals surface area contributed by atoms with Crippen LogP contribution in [0.4, 0.5) is 26.3 Å². The molecule has 0 heterocycles. The molecule has 0 saturated heterocycles. The zero-order valence-corrected chi connectivity index (χ0v) is 19.1. The van der Waals surface area contributed by atoms with E-state index in [0.29, 0.717) is 0 Å². The van der Waals surface area contributed by atoms with Crippen molar-refractivity contribution in [1.29, 1.82) is 0 Å². The molecule has 0 aromatic heterocycles. The van der Waals surface area contributed by atoms with Crippen LogP contribution < -0.4 is 56.3 Å². The number of carboxylic acids is 6. The van der Waals surface area contributed by atoms with Gasteiger partial charge in [0.2, 0.25) is 0 Å². The summed E-state index contributed by atoms with van der Waals surface area (Å²) in [5.74, 6) is -29.9. The zero-order valence-electron chi connectivity index (χ0n) is 15.1. The molecule has 8 N–H and O–H groups in total. The van der Waals surface area contributed by atoms with E-state index in [1.807, 2.05) is 0 Å². The Morgan fingerprint density at radius 3 is 0.576 bits per heavy atom. The summed E-state index contributed by atoms with van der Waals surface area (Å²) in [5.41, 5.74) is 0. The molecule has 33 heavy (non-hydrogen) atoms. The summed E-state index contributed by atoms with van der Waals surface area (Å²) in [6.45, 7) is 0. The van der Waals surface area contributed by atoms with E-state index in [4.69, 9.17) is 49.9 Å². The third kappa shape index (κ3) is 20.5. The first-order valence-corrected chi connectivity index (χ1v) is 7.50. The monoisotopic (exact) mass is 556 g/mol. The second-order valence-electron chi connectivity index (χ2n) is 4.04. The van der Waals surface area contributed by atoms with E-state index in [1.165, 1.54) is 0 Å². The van der Waals surface area contributed by atoms with Crippen molar-refractivity contribution in [2.24, 2.45) is 0 Å². The van der Waals surface area contributed by atoms with Crippen molar-refractivity contribution in [2.75, 3.05) is 0 Å². The SMILES string of the molecule is O=C(O)C(F)(F)C(=O)O.O=C(O)C(F)(F)C(=O)O.O=C(O)C(F)(F)C(=O)O.O=P([O-])(O)O.[K+]. The predicted octanol–water partition coefficient (Wildman–Crippen LogP) is -5.18. The van der Waals surface area contributed by atoms with E-state index in [2.05, 4.69) is 0 Å². The van der Waals surface area contributed by atoms with E-state index in [0.717, 1.165) is 0 Å². The maximum atomic E-state index is 11.5. The van der Waals surface area contributed by atoms with E-state index in [1.54, 1.807) is 0 Å². The molecule has 0 aliphatic heterocycles. The van der Waals surface area contributed by atoms with E-state index in [-0.39, 0.29) is 51.4 Å². The van der Waals surface area contributed by atoms with Gasteiger partial charge >= 0.3 is 105 Å². The van der Waals surface area contributed by atoms with Crippen molar-refractivity contribution < 1.29 is 156 Å². The Morgan fingerprint density at radius 1 is 0.515 bits per heavy atom. The number of hydrogen-bond acceptors (Lipinski definition) is 8. The molecule has 0 fully saturated rings. The maximum absolute atomic E-state index is 11.5. The van der Waals surface area contributed by atoms with Crippen molar-refractivity contribution in [1.82, 2.24) is 0 Å². The molecule has 0 aromatic carbocycles. The summed E-state index contributed by atoms with van der Waals surface area (Å²) in [5, 5.41) is 44.9. The van der Waals surface area contributed by atoms with Gasteiger partial charge in [-0.25, -0.2) is 28.8 Å². The summed E-state index contributed by atoms with van der Waals surface area (Å²) in [6, 6.07) is 0. The summed E-state index contributed by atoms with van der Waals surface area (Å²) >= 11 is 0. The Balaban J connectivity index is -0.000000107. The molecule has 0 aliphatic carbocycles. The van der Waals surface area contributed by atoms with Crippen LogP contribution in [0.25, 0.3) is 0 Å². The van der Waals surface area contributed by atoms with Crippen molar-refractivity contribution in [3.05, 3.63) is 0 Å². The fourth-order valence-corrected chi connectivity index (χ4v) is 0.274. The molecule has 0 bridgehead atoms. The molecule has 0 amide bonds. The summed E-state index contributed by atoms with van der Waals surface area (Å²) in [6.07, 6.45) is 0. The number of carboxylic acid groups (broad SMARTS) is 6. The minimum absolute atomic E-state index is 0. The van der Waals surface area contributed by atoms with Gasteiger partial charge in [-0.2, -0.15) is 26.3 Å². The second kappa shape index (κ2) is 15.9. The van der Waals surface area contributed by atoms with Gasteiger partial charge in [-0.05, 0) is 0 Å². The first kappa shape index (κ1) is 41.4. The van der Waals surface area contributed by atoms with Gasteiger partial charge in [0.05, 0.1) is 0 Å². The Bertz CT molecular complexity index is 637. The van der Waals surface area contributed by atoms with Crippen LogP contribution >= 0.6 is 7.82 Å². The van der Waals surface area contributed by atoms with Gasteiger partial charge in [0, 0.05) is 0 Å². The normalized spacial score (nSPS) is 10.7. The van der Waals surface area contributed by atoms with Gasteiger partial charge in [-0.1, -0.05) is 0 Å². The molecule has 0 unspecified atom stereocenters. The van der Waals surface area contributed by atoms with E-state index < -0.39 is 61.4 Å². The van der Waals surface area contributed by atoms with Crippen LogP contribution in [0.5, 0.6) is 0 Å². The average Bonchev–Trinajstić information content (AvgIpc) is 2.53. The van der Waals surface area contributed by atoms with Crippen LogP contribution in [-0.2, 0) is 33.3 Å². The van der Waals surface area contributed by atoms with Gasteiger partial charge in [-0.15, -0.1) is 0 Å². The number of phosphoric acid groups is 1. The van der Waals surface area contributed by atoms with E-state index in [9.17, 15) is 55.1 Å². The van der Waals surface area contributed by atoms with E-state index >= 15 is 0 Å². The van der Waals surface area contributed by atoms with Gasteiger partial charge < -0.3 is 45.3 Å². The number of hydrogen-bond donors (Lipinski definition) is 8. The van der Waals surface area contributed by atoms with Gasteiger partial charge in [0.25, 0.3) is 7.82 Å². The Labute approximate surface area is 216 Å². The number of rotatable bonds is 6. The smallest absolute Gasteiger partial charge is 0.756 e. The third-order valence-electron chi connectivity index (χ3n) is 1.61. The Hall–Kier alpha value is -1.85. The number of halogens is 6. The second-order valence-corrected chi connectivity index (χ2v) is 5.03. The fraction of sp³-hybridized carbons (Fsp3) is 0.333. The minimum Gasteiger partial charge on any atom is -0.756 e. The molecule has 16 nitrogen and oxygen atoms in total. The van der Waals surface area contributed by atoms with Crippen molar-refractivity contribution in [2.45, 2.75) is 17.8 Å². The predicted molar refractivity (Wildman–Crippen MR) is 72.7 cm³/mol. The number of aliphatic carboxylic acids is 6. The topological polar surface area (TPSA) is 304 Å². The molecule has 24 heteroatoms. The fourth-order valence-electron chi connectivity index (χ4n) is 0.274. The largest absolute Gasteiger partial charge is 1.00 e. The Kier molecular flexibility index (Phi) is 19.9.